The number of amides is 2. The van der Waals surface area contributed by atoms with E-state index in [4.69, 9.17) is 9.47 Å². The minimum Gasteiger partial charge on any atom is -0.497 e. The lowest BCUT2D eigenvalue weighted by molar-refractivity contribution is -0.117. The first-order valence-electron chi connectivity index (χ1n) is 6.47. The van der Waals surface area contributed by atoms with Crippen molar-refractivity contribution < 1.29 is 23.8 Å². The number of carbonyl (C=O) groups excluding carboxylic acids is 2. The van der Waals surface area contributed by atoms with Crippen molar-refractivity contribution in [2.24, 2.45) is 0 Å². The Hall–Kier alpha value is -1.89. The summed E-state index contributed by atoms with van der Waals surface area (Å²) in [5, 5.41) is 2.13. The average molecular weight is 313 g/mol. The summed E-state index contributed by atoms with van der Waals surface area (Å²) in [5.74, 6) is 1.97. The van der Waals surface area contributed by atoms with Gasteiger partial charge in [0.15, 0.2) is 0 Å². The highest BCUT2D eigenvalue weighted by atomic mass is 32.2. The molecule has 1 aromatic rings. The van der Waals surface area contributed by atoms with Crippen LogP contribution in [0.4, 0.5) is 4.79 Å². The lowest BCUT2D eigenvalue weighted by Crippen LogP contribution is -2.32. The Morgan fingerprint density at radius 2 is 1.86 bits per heavy atom. The van der Waals surface area contributed by atoms with Gasteiger partial charge in [0.05, 0.1) is 26.1 Å². The van der Waals surface area contributed by atoms with Crippen molar-refractivity contribution in [1.82, 2.24) is 5.32 Å². The number of thioether (sulfide) groups is 1. The van der Waals surface area contributed by atoms with Gasteiger partial charge >= 0.3 is 6.09 Å². The number of methoxy groups -OCH3 is 1. The van der Waals surface area contributed by atoms with Crippen molar-refractivity contribution in [2.75, 3.05) is 31.8 Å². The Labute approximate surface area is 128 Å². The summed E-state index contributed by atoms with van der Waals surface area (Å²) in [6.07, 6.45) is -0.711. The lowest BCUT2D eigenvalue weighted by atomic mass is 10.3. The summed E-state index contributed by atoms with van der Waals surface area (Å²) < 4.78 is 15.2. The standard InChI is InChI=1S/C14H19NO5S/c1-3-19-14(17)15-13(16)10-21-9-8-20-12-6-4-11(18-2)5-7-12/h4-7H,3,8-10H2,1-2H3,(H,15,16,17). The van der Waals surface area contributed by atoms with Crippen LogP contribution in [0.5, 0.6) is 11.5 Å². The molecule has 0 aromatic heterocycles. The SMILES string of the molecule is CCOC(=O)NC(=O)CSCCOc1ccc(OC)cc1. The van der Waals surface area contributed by atoms with Gasteiger partial charge in [0.25, 0.3) is 0 Å². The van der Waals surface area contributed by atoms with Crippen molar-refractivity contribution in [3.63, 3.8) is 0 Å². The highest BCUT2D eigenvalue weighted by molar-refractivity contribution is 7.99. The molecular weight excluding hydrogens is 294 g/mol. The first-order chi connectivity index (χ1) is 10.2. The third-order valence-electron chi connectivity index (χ3n) is 2.31. The minimum atomic E-state index is -0.711. The van der Waals surface area contributed by atoms with Crippen molar-refractivity contribution >= 4 is 23.8 Å². The van der Waals surface area contributed by atoms with Gasteiger partial charge in [-0.25, -0.2) is 4.79 Å². The van der Waals surface area contributed by atoms with Crippen LogP contribution in [0, 0.1) is 0 Å². The summed E-state index contributed by atoms with van der Waals surface area (Å²) in [6, 6.07) is 7.26. The van der Waals surface area contributed by atoms with Gasteiger partial charge in [-0.2, -0.15) is 0 Å². The Balaban J connectivity index is 2.11. The quantitative estimate of drug-likeness (QED) is 0.741. The van der Waals surface area contributed by atoms with Gasteiger partial charge in [-0.05, 0) is 31.2 Å². The number of nitrogens with one attached hydrogen (secondary N) is 1. The molecule has 21 heavy (non-hydrogen) atoms. The number of hydrogen-bond acceptors (Lipinski definition) is 6. The Morgan fingerprint density at radius 3 is 2.48 bits per heavy atom. The Kier molecular flexibility index (Phi) is 8.11. The smallest absolute Gasteiger partial charge is 0.413 e. The van der Waals surface area contributed by atoms with Gasteiger partial charge in [0, 0.05) is 5.75 Å². The van der Waals surface area contributed by atoms with E-state index in [2.05, 4.69) is 10.1 Å². The molecule has 0 saturated heterocycles. The van der Waals surface area contributed by atoms with Crippen LogP contribution in [0.1, 0.15) is 6.92 Å². The fourth-order valence-corrected chi connectivity index (χ4v) is 1.98. The zero-order chi connectivity index (χ0) is 15.5. The number of benzene rings is 1. The maximum atomic E-state index is 11.3. The fourth-order valence-electron chi connectivity index (χ4n) is 1.37. The van der Waals surface area contributed by atoms with Crippen LogP contribution < -0.4 is 14.8 Å². The van der Waals surface area contributed by atoms with Crippen LogP contribution in [0.2, 0.25) is 0 Å². The molecule has 0 radical (unpaired) electrons. The van der Waals surface area contributed by atoms with Crippen LogP contribution in [0.3, 0.4) is 0 Å². The molecule has 0 saturated carbocycles. The molecule has 116 valence electrons. The van der Waals surface area contributed by atoms with Crippen molar-refractivity contribution in [3.8, 4) is 11.5 Å². The normalized spacial score (nSPS) is 9.81. The highest BCUT2D eigenvalue weighted by Gasteiger charge is 2.07. The minimum absolute atomic E-state index is 0.185. The number of imide groups is 1. The van der Waals surface area contributed by atoms with E-state index in [1.807, 2.05) is 24.3 Å². The second kappa shape index (κ2) is 9.93. The maximum absolute atomic E-state index is 11.3. The van der Waals surface area contributed by atoms with E-state index in [0.717, 1.165) is 11.5 Å². The Morgan fingerprint density at radius 1 is 1.19 bits per heavy atom. The van der Waals surface area contributed by atoms with Crippen molar-refractivity contribution in [2.45, 2.75) is 6.92 Å². The van der Waals surface area contributed by atoms with E-state index in [0.29, 0.717) is 12.4 Å². The van der Waals surface area contributed by atoms with Crippen LogP contribution in [0.25, 0.3) is 0 Å². The lowest BCUT2D eigenvalue weighted by Gasteiger charge is -2.07. The monoisotopic (exact) mass is 313 g/mol. The van der Waals surface area contributed by atoms with Gasteiger partial charge in [-0.1, -0.05) is 0 Å². The molecule has 0 fully saturated rings. The van der Waals surface area contributed by atoms with E-state index in [1.54, 1.807) is 14.0 Å². The first-order valence-corrected chi connectivity index (χ1v) is 7.62. The Bertz CT molecular complexity index is 449. The van der Waals surface area contributed by atoms with E-state index in [1.165, 1.54) is 11.8 Å². The molecule has 0 aliphatic carbocycles. The summed E-state index contributed by atoms with van der Waals surface area (Å²) >= 11 is 1.38. The average Bonchev–Trinajstić information content (AvgIpc) is 2.47. The van der Waals surface area contributed by atoms with Gasteiger partial charge in [0.1, 0.15) is 11.5 Å². The largest absolute Gasteiger partial charge is 0.497 e. The summed E-state index contributed by atoms with van der Waals surface area (Å²) in [4.78, 5) is 22.3. The number of rotatable bonds is 8. The number of alkyl carbamates (subject to hydrolysis) is 1. The van der Waals surface area contributed by atoms with Gasteiger partial charge in [-0.15, -0.1) is 11.8 Å². The molecule has 1 rings (SSSR count). The summed E-state index contributed by atoms with van der Waals surface area (Å²) in [7, 11) is 1.61. The first kappa shape index (κ1) is 17.2. The molecule has 0 atom stereocenters. The molecule has 0 aliphatic heterocycles. The van der Waals surface area contributed by atoms with Gasteiger partial charge < -0.3 is 14.2 Å². The summed E-state index contributed by atoms with van der Waals surface area (Å²) in [6.45, 7) is 2.39. The fraction of sp³-hybridized carbons (Fsp3) is 0.429. The van der Waals surface area contributed by atoms with Gasteiger partial charge in [0.2, 0.25) is 5.91 Å². The second-order valence-electron chi connectivity index (χ2n) is 3.85. The second-order valence-corrected chi connectivity index (χ2v) is 4.95. The predicted molar refractivity (Wildman–Crippen MR) is 81.0 cm³/mol. The highest BCUT2D eigenvalue weighted by Crippen LogP contribution is 2.17. The molecule has 1 aromatic carbocycles. The molecule has 6 nitrogen and oxygen atoms in total. The molecule has 0 heterocycles. The number of carbonyl (C=O) groups is 2. The molecule has 0 unspecified atom stereocenters. The van der Waals surface area contributed by atoms with Gasteiger partial charge in [-0.3, -0.25) is 10.1 Å². The predicted octanol–water partition coefficient (Wildman–Crippen LogP) is 2.08. The van der Waals surface area contributed by atoms with Crippen LogP contribution in [-0.4, -0.2) is 43.8 Å². The van der Waals surface area contributed by atoms with E-state index in [9.17, 15) is 9.59 Å². The molecule has 7 heteroatoms. The number of ether oxygens (including phenoxy) is 3. The van der Waals surface area contributed by atoms with Crippen LogP contribution in [-0.2, 0) is 9.53 Å². The third kappa shape index (κ3) is 7.45. The van der Waals surface area contributed by atoms with E-state index in [-0.39, 0.29) is 18.3 Å². The van der Waals surface area contributed by atoms with Crippen LogP contribution in [0.15, 0.2) is 24.3 Å². The molecular formula is C14H19NO5S. The molecule has 1 N–H and O–H groups in total. The molecule has 0 spiro atoms. The van der Waals surface area contributed by atoms with E-state index < -0.39 is 6.09 Å². The third-order valence-corrected chi connectivity index (χ3v) is 3.23. The van der Waals surface area contributed by atoms with E-state index >= 15 is 0 Å². The van der Waals surface area contributed by atoms with Crippen molar-refractivity contribution in [3.05, 3.63) is 24.3 Å². The molecule has 0 bridgehead atoms. The molecule has 2 amide bonds. The van der Waals surface area contributed by atoms with Crippen molar-refractivity contribution in [1.29, 1.82) is 0 Å². The maximum Gasteiger partial charge on any atom is 0.413 e. The zero-order valence-electron chi connectivity index (χ0n) is 12.1. The zero-order valence-corrected chi connectivity index (χ0v) is 12.9. The topological polar surface area (TPSA) is 73.9 Å². The molecule has 0 aliphatic rings. The van der Waals surface area contributed by atoms with Crippen LogP contribution >= 0.6 is 11.8 Å². The summed E-state index contributed by atoms with van der Waals surface area (Å²) in [5.41, 5.74) is 0. The number of hydrogen-bond donors (Lipinski definition) is 1.